The molecule has 0 aliphatic carbocycles. The Hall–Kier alpha value is -1.11. The first-order chi connectivity index (χ1) is 8.45. The average molecular weight is 360 g/mol. The molecule has 1 aromatic carbocycles. The van der Waals surface area contributed by atoms with Crippen LogP contribution in [0, 0.1) is 9.49 Å². The summed E-state index contributed by atoms with van der Waals surface area (Å²) >= 11 is 2.17. The molecule has 0 fully saturated rings. The van der Waals surface area contributed by atoms with Gasteiger partial charge in [-0.15, -0.1) is 0 Å². The quantitative estimate of drug-likeness (QED) is 0.788. The lowest BCUT2D eigenvalue weighted by Gasteiger charge is -2.21. The highest BCUT2D eigenvalue weighted by Crippen LogP contribution is 2.10. The summed E-state index contributed by atoms with van der Waals surface area (Å²) in [5.41, 5.74) is 5.84. The van der Waals surface area contributed by atoms with Crippen molar-refractivity contribution in [2.24, 2.45) is 11.7 Å². The molecular weight excluding hydrogens is 343 g/mol. The first-order valence-electron chi connectivity index (χ1n) is 5.81. The van der Waals surface area contributed by atoms with E-state index in [1.54, 1.807) is 12.1 Å². The van der Waals surface area contributed by atoms with E-state index in [0.717, 1.165) is 9.99 Å². The van der Waals surface area contributed by atoms with Gasteiger partial charge in [-0.05, 0) is 52.8 Å². The Morgan fingerprint density at radius 3 is 2.33 bits per heavy atom. The van der Waals surface area contributed by atoms with Crippen LogP contribution in [0.15, 0.2) is 24.3 Å². The fraction of sp³-hybridized carbons (Fsp3) is 0.385. The third kappa shape index (κ3) is 3.97. The standard InChI is InChI=1S/C13H17IN2O2/c1-3-8(2)11(12(15)17)16-13(18)9-4-6-10(14)7-5-9/h4-8,11H,3H2,1-2H3,(H2,15,17)(H,16,18). The number of halogens is 1. The van der Waals surface area contributed by atoms with Gasteiger partial charge in [0.2, 0.25) is 5.91 Å². The molecule has 2 atom stereocenters. The minimum Gasteiger partial charge on any atom is -0.368 e. The van der Waals surface area contributed by atoms with Crippen molar-refractivity contribution in [1.82, 2.24) is 5.32 Å². The van der Waals surface area contributed by atoms with Gasteiger partial charge in [0, 0.05) is 9.13 Å². The summed E-state index contributed by atoms with van der Waals surface area (Å²) in [6.07, 6.45) is 0.778. The van der Waals surface area contributed by atoms with E-state index in [9.17, 15) is 9.59 Å². The second-order valence-electron chi connectivity index (χ2n) is 4.25. The van der Waals surface area contributed by atoms with Gasteiger partial charge in [0.25, 0.3) is 5.91 Å². The number of amides is 2. The van der Waals surface area contributed by atoms with Crippen molar-refractivity contribution in [1.29, 1.82) is 0 Å². The van der Waals surface area contributed by atoms with Gasteiger partial charge in [-0.2, -0.15) is 0 Å². The predicted octanol–water partition coefficient (Wildman–Crippen LogP) is 1.92. The molecule has 3 N–H and O–H groups in total. The lowest BCUT2D eigenvalue weighted by atomic mass is 9.98. The molecule has 0 spiro atoms. The van der Waals surface area contributed by atoms with Gasteiger partial charge in [-0.3, -0.25) is 9.59 Å². The number of carbonyl (C=O) groups is 2. The van der Waals surface area contributed by atoms with Crippen LogP contribution in [0.1, 0.15) is 30.6 Å². The number of nitrogens with two attached hydrogens (primary N) is 1. The monoisotopic (exact) mass is 360 g/mol. The van der Waals surface area contributed by atoms with Crippen LogP contribution in [0.4, 0.5) is 0 Å². The maximum Gasteiger partial charge on any atom is 0.251 e. The number of rotatable bonds is 5. The molecule has 0 bridgehead atoms. The Labute approximate surface area is 120 Å². The van der Waals surface area contributed by atoms with Crippen molar-refractivity contribution < 1.29 is 9.59 Å². The molecular formula is C13H17IN2O2. The zero-order chi connectivity index (χ0) is 13.7. The van der Waals surface area contributed by atoms with Gasteiger partial charge in [-0.1, -0.05) is 20.3 Å². The minimum atomic E-state index is -0.623. The Bertz CT molecular complexity index is 431. The highest BCUT2D eigenvalue weighted by Gasteiger charge is 2.23. The van der Waals surface area contributed by atoms with Crippen molar-refractivity contribution in [2.45, 2.75) is 26.3 Å². The van der Waals surface area contributed by atoms with Crippen LogP contribution in [0.5, 0.6) is 0 Å². The van der Waals surface area contributed by atoms with E-state index in [0.29, 0.717) is 5.56 Å². The van der Waals surface area contributed by atoms with Crippen LogP contribution in [-0.4, -0.2) is 17.9 Å². The van der Waals surface area contributed by atoms with Crippen LogP contribution >= 0.6 is 22.6 Å². The summed E-state index contributed by atoms with van der Waals surface area (Å²) < 4.78 is 1.05. The third-order valence-electron chi connectivity index (χ3n) is 2.91. The van der Waals surface area contributed by atoms with Crippen LogP contribution in [0.3, 0.4) is 0 Å². The largest absolute Gasteiger partial charge is 0.368 e. The van der Waals surface area contributed by atoms with Gasteiger partial charge in [0.1, 0.15) is 6.04 Å². The molecule has 0 heterocycles. The summed E-state index contributed by atoms with van der Waals surface area (Å²) in [5.74, 6) is -0.742. The fourth-order valence-corrected chi connectivity index (χ4v) is 1.91. The Balaban J connectivity index is 2.78. The van der Waals surface area contributed by atoms with Crippen LogP contribution in [0.25, 0.3) is 0 Å². The van der Waals surface area contributed by atoms with Crippen molar-refractivity contribution >= 4 is 34.4 Å². The van der Waals surface area contributed by atoms with Crippen LogP contribution in [-0.2, 0) is 4.79 Å². The maximum absolute atomic E-state index is 12.0. The van der Waals surface area contributed by atoms with E-state index < -0.39 is 11.9 Å². The molecule has 0 radical (unpaired) electrons. The molecule has 0 aromatic heterocycles. The number of hydrogen-bond donors (Lipinski definition) is 2. The van der Waals surface area contributed by atoms with Gasteiger partial charge in [0.05, 0.1) is 0 Å². The second-order valence-corrected chi connectivity index (χ2v) is 5.49. The predicted molar refractivity (Wildman–Crippen MR) is 79.1 cm³/mol. The molecule has 98 valence electrons. The Morgan fingerprint density at radius 2 is 1.89 bits per heavy atom. The second kappa shape index (κ2) is 6.72. The number of carbonyl (C=O) groups excluding carboxylic acids is 2. The van der Waals surface area contributed by atoms with Gasteiger partial charge >= 0.3 is 0 Å². The summed E-state index contributed by atoms with van der Waals surface area (Å²) in [6, 6.07) is 6.52. The minimum absolute atomic E-state index is 0.0234. The van der Waals surface area contributed by atoms with E-state index in [-0.39, 0.29) is 11.8 Å². The zero-order valence-corrected chi connectivity index (χ0v) is 12.6. The molecule has 1 aromatic rings. The first kappa shape index (κ1) is 14.9. The van der Waals surface area contributed by atoms with Crippen molar-refractivity contribution in [3.05, 3.63) is 33.4 Å². The molecule has 4 nitrogen and oxygen atoms in total. The maximum atomic E-state index is 12.0. The normalized spacial score (nSPS) is 13.7. The molecule has 2 amide bonds. The summed E-state index contributed by atoms with van der Waals surface area (Å²) in [7, 11) is 0. The number of benzene rings is 1. The molecule has 0 saturated heterocycles. The molecule has 1 rings (SSSR count). The van der Waals surface area contributed by atoms with Gasteiger partial charge in [-0.25, -0.2) is 0 Å². The molecule has 0 saturated carbocycles. The van der Waals surface area contributed by atoms with E-state index >= 15 is 0 Å². The molecule has 0 aliphatic heterocycles. The molecule has 5 heteroatoms. The van der Waals surface area contributed by atoms with Crippen molar-refractivity contribution in [3.8, 4) is 0 Å². The first-order valence-corrected chi connectivity index (χ1v) is 6.89. The SMILES string of the molecule is CCC(C)C(NC(=O)c1ccc(I)cc1)C(N)=O. The third-order valence-corrected chi connectivity index (χ3v) is 3.63. The van der Waals surface area contributed by atoms with E-state index in [4.69, 9.17) is 5.73 Å². The summed E-state index contributed by atoms with van der Waals surface area (Å²) in [6.45, 7) is 3.85. The van der Waals surface area contributed by atoms with E-state index in [2.05, 4.69) is 27.9 Å². The van der Waals surface area contributed by atoms with Crippen LogP contribution in [0.2, 0.25) is 0 Å². The van der Waals surface area contributed by atoms with Crippen molar-refractivity contribution in [2.75, 3.05) is 0 Å². The highest BCUT2D eigenvalue weighted by atomic mass is 127. The highest BCUT2D eigenvalue weighted by molar-refractivity contribution is 14.1. The summed E-state index contributed by atoms with van der Waals surface area (Å²) in [5, 5.41) is 2.69. The van der Waals surface area contributed by atoms with Gasteiger partial charge < -0.3 is 11.1 Å². The number of primary amides is 1. The number of hydrogen-bond acceptors (Lipinski definition) is 2. The van der Waals surface area contributed by atoms with Gasteiger partial charge in [0.15, 0.2) is 0 Å². The Kier molecular flexibility index (Phi) is 5.58. The average Bonchev–Trinajstić information content (AvgIpc) is 2.35. The molecule has 0 aliphatic rings. The fourth-order valence-electron chi connectivity index (χ4n) is 1.56. The van der Waals surface area contributed by atoms with E-state index in [1.165, 1.54) is 0 Å². The van der Waals surface area contributed by atoms with Crippen molar-refractivity contribution in [3.63, 3.8) is 0 Å². The Morgan fingerprint density at radius 1 is 1.33 bits per heavy atom. The lowest BCUT2D eigenvalue weighted by molar-refractivity contribution is -0.120. The number of nitrogens with one attached hydrogen (secondary N) is 1. The zero-order valence-electron chi connectivity index (χ0n) is 10.4. The topological polar surface area (TPSA) is 72.2 Å². The molecule has 2 unspecified atom stereocenters. The van der Waals surface area contributed by atoms with Crippen LogP contribution < -0.4 is 11.1 Å². The van der Waals surface area contributed by atoms with E-state index in [1.807, 2.05) is 26.0 Å². The smallest absolute Gasteiger partial charge is 0.251 e. The lowest BCUT2D eigenvalue weighted by Crippen LogP contribution is -2.48. The summed E-state index contributed by atoms with van der Waals surface area (Å²) in [4.78, 5) is 23.3. The molecule has 18 heavy (non-hydrogen) atoms.